The summed E-state index contributed by atoms with van der Waals surface area (Å²) in [5, 5.41) is 2.82. The third kappa shape index (κ3) is 5.78. The molecule has 8 heteroatoms. The van der Waals surface area contributed by atoms with Gasteiger partial charge in [-0.3, -0.25) is 9.52 Å². The topological polar surface area (TPSA) is 102 Å². The molecule has 2 N–H and O–H groups in total. The predicted octanol–water partition coefficient (Wildman–Crippen LogP) is 4.84. The van der Waals surface area contributed by atoms with Crippen LogP contribution in [0.4, 0.5) is 11.4 Å². The first-order valence-corrected chi connectivity index (χ1v) is 11.9. The zero-order valence-corrected chi connectivity index (χ0v) is 19.7. The van der Waals surface area contributed by atoms with Crippen molar-refractivity contribution < 1.29 is 22.7 Å². The van der Waals surface area contributed by atoms with E-state index in [0.717, 1.165) is 5.56 Å². The largest absolute Gasteiger partial charge is 0.462 e. The molecular weight excluding hydrogens is 440 g/mol. The molecule has 0 saturated heterocycles. The second-order valence-electron chi connectivity index (χ2n) is 7.65. The minimum absolute atomic E-state index is 0.163. The normalized spacial score (nSPS) is 11.0. The number of sulfonamides is 1. The van der Waals surface area contributed by atoms with E-state index in [4.69, 9.17) is 4.74 Å². The van der Waals surface area contributed by atoms with E-state index in [1.54, 1.807) is 81.4 Å². The second-order valence-corrected chi connectivity index (χ2v) is 9.33. The van der Waals surface area contributed by atoms with Crippen LogP contribution in [-0.2, 0) is 14.8 Å². The first-order valence-electron chi connectivity index (χ1n) is 10.4. The lowest BCUT2D eigenvalue weighted by Gasteiger charge is -2.13. The van der Waals surface area contributed by atoms with Gasteiger partial charge >= 0.3 is 5.97 Å². The molecule has 3 rings (SSSR count). The highest BCUT2D eigenvalue weighted by Crippen LogP contribution is 2.23. The molecule has 0 bridgehead atoms. The number of amides is 1. The Morgan fingerprint density at radius 3 is 2.00 bits per heavy atom. The van der Waals surface area contributed by atoms with Crippen LogP contribution in [0.25, 0.3) is 0 Å². The fourth-order valence-electron chi connectivity index (χ4n) is 3.18. The summed E-state index contributed by atoms with van der Waals surface area (Å²) in [5.74, 6) is -0.768. The Labute approximate surface area is 193 Å². The first-order chi connectivity index (χ1) is 15.6. The van der Waals surface area contributed by atoms with Crippen molar-refractivity contribution in [2.45, 2.75) is 32.6 Å². The van der Waals surface area contributed by atoms with Crippen molar-refractivity contribution >= 4 is 33.3 Å². The second kappa shape index (κ2) is 9.87. The minimum Gasteiger partial charge on any atom is -0.462 e. The van der Waals surface area contributed by atoms with Gasteiger partial charge in [0.15, 0.2) is 0 Å². The van der Waals surface area contributed by atoms with Crippen LogP contribution in [0.2, 0.25) is 0 Å². The lowest BCUT2D eigenvalue weighted by molar-refractivity contribution is 0.0526. The first kappa shape index (κ1) is 24.0. The fourth-order valence-corrected chi connectivity index (χ4v) is 4.31. The number of rotatable bonds is 7. The third-order valence-electron chi connectivity index (χ3n) is 5.05. The number of aryl methyl sites for hydroxylation is 3. The molecule has 0 aliphatic carbocycles. The maximum absolute atomic E-state index is 12.7. The lowest BCUT2D eigenvalue weighted by atomic mass is 10.1. The highest BCUT2D eigenvalue weighted by atomic mass is 32.2. The smallest absolute Gasteiger partial charge is 0.338 e. The van der Waals surface area contributed by atoms with Gasteiger partial charge in [0.1, 0.15) is 0 Å². The Morgan fingerprint density at radius 1 is 0.818 bits per heavy atom. The zero-order valence-electron chi connectivity index (χ0n) is 18.9. The summed E-state index contributed by atoms with van der Waals surface area (Å²) in [7, 11) is -3.74. The van der Waals surface area contributed by atoms with Gasteiger partial charge in [0.25, 0.3) is 15.9 Å². The number of esters is 1. The summed E-state index contributed by atoms with van der Waals surface area (Å²) < 4.78 is 32.9. The van der Waals surface area contributed by atoms with Crippen molar-refractivity contribution in [2.24, 2.45) is 0 Å². The maximum Gasteiger partial charge on any atom is 0.338 e. The summed E-state index contributed by atoms with van der Waals surface area (Å²) >= 11 is 0. The number of hydrogen-bond donors (Lipinski definition) is 2. The molecule has 0 saturated carbocycles. The Balaban J connectivity index is 1.75. The van der Waals surface area contributed by atoms with Gasteiger partial charge < -0.3 is 10.1 Å². The van der Waals surface area contributed by atoms with Gasteiger partial charge in [-0.05, 0) is 87.4 Å². The third-order valence-corrected chi connectivity index (χ3v) is 6.43. The molecule has 0 radical (unpaired) electrons. The Kier molecular flexibility index (Phi) is 7.18. The fraction of sp³-hybridized carbons (Fsp3) is 0.200. The molecule has 3 aromatic carbocycles. The molecule has 7 nitrogen and oxygen atoms in total. The predicted molar refractivity (Wildman–Crippen MR) is 128 cm³/mol. The Bertz CT molecular complexity index is 1300. The van der Waals surface area contributed by atoms with Crippen LogP contribution in [0, 0.1) is 20.8 Å². The van der Waals surface area contributed by atoms with Crippen molar-refractivity contribution in [2.75, 3.05) is 16.6 Å². The Hall–Kier alpha value is -3.65. The van der Waals surface area contributed by atoms with Gasteiger partial charge in [-0.25, -0.2) is 13.2 Å². The quantitative estimate of drug-likeness (QED) is 0.485. The molecule has 0 unspecified atom stereocenters. The van der Waals surface area contributed by atoms with E-state index in [0.29, 0.717) is 33.6 Å². The van der Waals surface area contributed by atoms with Crippen LogP contribution in [0.1, 0.15) is 44.3 Å². The maximum atomic E-state index is 12.7. The number of benzene rings is 3. The van der Waals surface area contributed by atoms with Crippen molar-refractivity contribution in [1.29, 1.82) is 0 Å². The molecule has 172 valence electrons. The number of nitrogens with one attached hydrogen (secondary N) is 2. The van der Waals surface area contributed by atoms with Gasteiger partial charge in [0, 0.05) is 11.3 Å². The molecule has 0 aliphatic rings. The zero-order chi connectivity index (χ0) is 24.2. The van der Waals surface area contributed by atoms with E-state index >= 15 is 0 Å². The van der Waals surface area contributed by atoms with Crippen LogP contribution in [0.3, 0.4) is 0 Å². The summed E-state index contributed by atoms with van der Waals surface area (Å²) in [6, 6.07) is 16.2. The van der Waals surface area contributed by atoms with E-state index < -0.39 is 16.0 Å². The van der Waals surface area contributed by atoms with Crippen molar-refractivity contribution in [3.8, 4) is 0 Å². The highest BCUT2D eigenvalue weighted by Gasteiger charge is 2.17. The molecule has 0 spiro atoms. The van der Waals surface area contributed by atoms with Gasteiger partial charge in [-0.15, -0.1) is 0 Å². The minimum atomic E-state index is -3.74. The lowest BCUT2D eigenvalue weighted by Crippen LogP contribution is -2.16. The van der Waals surface area contributed by atoms with Crippen LogP contribution < -0.4 is 10.0 Å². The molecule has 3 aromatic rings. The Morgan fingerprint density at radius 2 is 1.39 bits per heavy atom. The molecule has 0 heterocycles. The van der Waals surface area contributed by atoms with Crippen LogP contribution >= 0.6 is 0 Å². The van der Waals surface area contributed by atoms with E-state index in [-0.39, 0.29) is 17.4 Å². The van der Waals surface area contributed by atoms with Crippen LogP contribution in [0.15, 0.2) is 65.6 Å². The number of carbonyl (C=O) groups is 2. The van der Waals surface area contributed by atoms with E-state index in [9.17, 15) is 18.0 Å². The van der Waals surface area contributed by atoms with Gasteiger partial charge in [-0.1, -0.05) is 17.7 Å². The number of carbonyl (C=O) groups excluding carboxylic acids is 2. The molecule has 0 atom stereocenters. The van der Waals surface area contributed by atoms with Crippen molar-refractivity contribution in [1.82, 2.24) is 0 Å². The average Bonchev–Trinajstić information content (AvgIpc) is 2.76. The standard InChI is InChI=1S/C25H26N2O5S/c1-5-32-25(29)20-9-12-22(17(3)15-20)26-24(28)19-8-13-23(18(4)14-19)27-33(30,31)21-10-6-16(2)7-11-21/h6-15,27H,5H2,1-4H3,(H,26,28). The highest BCUT2D eigenvalue weighted by molar-refractivity contribution is 7.92. The van der Waals surface area contributed by atoms with E-state index in [1.165, 1.54) is 0 Å². The van der Waals surface area contributed by atoms with Crippen LogP contribution in [-0.4, -0.2) is 26.9 Å². The van der Waals surface area contributed by atoms with Crippen molar-refractivity contribution in [3.63, 3.8) is 0 Å². The summed E-state index contributed by atoms with van der Waals surface area (Å²) in [5.41, 5.74) is 4.03. The molecule has 33 heavy (non-hydrogen) atoms. The van der Waals surface area contributed by atoms with Gasteiger partial charge in [-0.2, -0.15) is 0 Å². The average molecular weight is 467 g/mol. The summed E-state index contributed by atoms with van der Waals surface area (Å²) in [6.07, 6.45) is 0. The van der Waals surface area contributed by atoms with Gasteiger partial charge in [0.2, 0.25) is 0 Å². The monoisotopic (exact) mass is 466 g/mol. The summed E-state index contributed by atoms with van der Waals surface area (Å²) in [4.78, 5) is 24.8. The number of ether oxygens (including phenoxy) is 1. The SMILES string of the molecule is CCOC(=O)c1ccc(NC(=O)c2ccc(NS(=O)(=O)c3ccc(C)cc3)c(C)c2)c(C)c1. The molecule has 0 fully saturated rings. The number of hydrogen-bond acceptors (Lipinski definition) is 5. The molecule has 0 aromatic heterocycles. The summed E-state index contributed by atoms with van der Waals surface area (Å²) in [6.45, 7) is 7.41. The number of anilines is 2. The van der Waals surface area contributed by atoms with Gasteiger partial charge in [0.05, 0.1) is 22.8 Å². The van der Waals surface area contributed by atoms with Crippen molar-refractivity contribution in [3.05, 3.63) is 88.5 Å². The molecule has 0 aliphatic heterocycles. The molecular formula is C25H26N2O5S. The molecule has 1 amide bonds. The van der Waals surface area contributed by atoms with E-state index in [1.807, 2.05) is 6.92 Å². The van der Waals surface area contributed by atoms with E-state index in [2.05, 4.69) is 10.0 Å². The van der Waals surface area contributed by atoms with Crippen LogP contribution in [0.5, 0.6) is 0 Å².